The first kappa shape index (κ1) is 34.6. The van der Waals surface area contributed by atoms with Crippen LogP contribution in [0, 0.1) is 126 Å². The summed E-state index contributed by atoms with van der Waals surface area (Å²) in [6.07, 6.45) is 0. The molecule has 0 spiro atoms. The van der Waals surface area contributed by atoms with Crippen LogP contribution in [-0.4, -0.2) is 62.2 Å². The summed E-state index contributed by atoms with van der Waals surface area (Å²) in [7, 11) is 0. The first-order chi connectivity index (χ1) is 15.8. The van der Waals surface area contributed by atoms with Crippen molar-refractivity contribution in [2.24, 2.45) is 0 Å². The monoisotopic (exact) mass is 922 g/mol. The number of hydrogen-bond acceptors (Lipinski definition) is 6. The van der Waals surface area contributed by atoms with Crippen molar-refractivity contribution in [3.05, 3.63) is 84.7 Å². The van der Waals surface area contributed by atoms with Gasteiger partial charge in [-0.15, -0.1) is 26.2 Å². The molecule has 0 saturated carbocycles. The molecule has 2 aromatic rings. The molecule has 0 bridgehead atoms. The van der Waals surface area contributed by atoms with Gasteiger partial charge in [-0.2, -0.15) is 4.39 Å². The molecule has 35 heavy (non-hydrogen) atoms. The summed E-state index contributed by atoms with van der Waals surface area (Å²) in [4.78, 5) is 21.1. The fourth-order valence-electron chi connectivity index (χ4n) is 2.94. The van der Waals surface area contributed by atoms with Gasteiger partial charge in [-0.05, 0) is 50.4 Å². The van der Waals surface area contributed by atoms with Crippen molar-refractivity contribution in [1.82, 2.24) is 5.32 Å². The topological polar surface area (TPSA) is 130 Å². The number of anilines is 1. The summed E-state index contributed by atoms with van der Waals surface area (Å²) >= 11 is 0. The molecule has 2 fully saturated rings. The van der Waals surface area contributed by atoms with E-state index in [1.54, 1.807) is 0 Å². The van der Waals surface area contributed by atoms with E-state index in [1.165, 1.54) is 12.1 Å². The largest absolute Gasteiger partial charge is 0.660 e. The second kappa shape index (κ2) is 18.8. The number of hydrogen-bond donors (Lipinski definition) is 1. The molecule has 2 aliphatic heterocycles. The normalized spacial score (nSPS) is 14.5. The van der Waals surface area contributed by atoms with E-state index in [0.29, 0.717) is 44.0 Å². The Balaban J connectivity index is 0.000000530. The molecule has 2 heterocycles. The van der Waals surface area contributed by atoms with Crippen LogP contribution in [0.4, 0.5) is 30.2 Å². The van der Waals surface area contributed by atoms with Gasteiger partial charge in [-0.1, -0.05) is 0 Å². The van der Waals surface area contributed by atoms with Gasteiger partial charge in [-0.25, -0.2) is 8.78 Å². The second-order valence-electron chi connectivity index (χ2n) is 6.82. The zero-order valence-electron chi connectivity index (χ0n) is 18.8. The average molecular weight is 922 g/mol. The Morgan fingerprint density at radius 2 is 1.26 bits per heavy atom. The Hall–Kier alpha value is -0.407. The maximum Gasteiger partial charge on any atom is 0.307 e. The minimum Gasteiger partial charge on any atom is -0.660 e. The van der Waals surface area contributed by atoms with Crippen LogP contribution in [0.1, 0.15) is 0 Å². The Bertz CT molecular complexity index is 940. The molecular weight excluding hydrogens is 899 g/mol. The molecule has 0 unspecified atom stereocenters. The number of nitrogens with one attached hydrogen (secondary N) is 1. The average Bonchev–Trinajstić information content (AvgIpc) is 2.83. The smallest absolute Gasteiger partial charge is 0.307 e. The minimum absolute atomic E-state index is 0. The van der Waals surface area contributed by atoms with Crippen LogP contribution < -0.4 is 10.2 Å². The summed E-state index contributed by atoms with van der Waals surface area (Å²) < 4.78 is 37.6. The van der Waals surface area contributed by atoms with Gasteiger partial charge in [0.15, 0.2) is 0 Å². The molecule has 10 nitrogen and oxygen atoms in total. The summed E-state index contributed by atoms with van der Waals surface area (Å²) in [5.41, 5.74) is -0.548. The maximum atomic E-state index is 12.9. The molecule has 0 aliphatic carbocycles. The van der Waals surface area contributed by atoms with Crippen molar-refractivity contribution in [2.45, 2.75) is 0 Å². The van der Waals surface area contributed by atoms with E-state index in [2.05, 4.69) is 16.0 Å². The quantitative estimate of drug-likeness (QED) is 0.369. The first-order valence-electron chi connectivity index (χ1n) is 10.0. The summed E-state index contributed by atoms with van der Waals surface area (Å²) in [6.45, 7) is 6.81. The minimum atomic E-state index is -1.03. The molecule has 15 heteroatoms. The molecule has 4 rings (SSSR count). The van der Waals surface area contributed by atoms with E-state index >= 15 is 0 Å². The third kappa shape index (κ3) is 12.6. The number of rotatable bonds is 3. The maximum absolute atomic E-state index is 12.9. The van der Waals surface area contributed by atoms with Crippen molar-refractivity contribution in [3.63, 3.8) is 0 Å². The van der Waals surface area contributed by atoms with Crippen LogP contribution in [0.15, 0.2) is 36.4 Å². The van der Waals surface area contributed by atoms with Crippen LogP contribution >= 0.6 is 0 Å². The van der Waals surface area contributed by atoms with Crippen LogP contribution in [0.3, 0.4) is 0 Å². The number of nitro benzene ring substituents is 2. The van der Waals surface area contributed by atoms with Crippen LogP contribution in [-0.2, 0) is 0 Å². The predicted octanol–water partition coefficient (Wildman–Crippen LogP) is 3.76. The second-order valence-corrected chi connectivity index (χ2v) is 6.82. The van der Waals surface area contributed by atoms with Gasteiger partial charge < -0.3 is 20.9 Å². The summed E-state index contributed by atoms with van der Waals surface area (Å²) in [5, 5.41) is 32.2. The van der Waals surface area contributed by atoms with Gasteiger partial charge in [0, 0.05) is 88.1 Å². The molecule has 2 radical (unpaired) electrons. The van der Waals surface area contributed by atoms with E-state index in [-0.39, 0.29) is 93.8 Å². The van der Waals surface area contributed by atoms with Crippen LogP contribution in [0.2, 0.25) is 0 Å². The number of benzene rings is 2. The number of halogens is 3. The van der Waals surface area contributed by atoms with E-state index < -0.39 is 33.0 Å². The number of piperazine rings is 2. The third-order valence-corrected chi connectivity index (χ3v) is 4.53. The fraction of sp³-hybridized carbons (Fsp3) is 0.400. The molecule has 2 aliphatic rings. The van der Waals surface area contributed by atoms with Crippen molar-refractivity contribution < 1.29 is 111 Å². The molecule has 0 aromatic heterocycles. The van der Waals surface area contributed by atoms with Crippen molar-refractivity contribution in [2.75, 3.05) is 57.3 Å². The molecule has 2 saturated heterocycles. The van der Waals surface area contributed by atoms with Gasteiger partial charge >= 0.3 is 5.69 Å². The molecule has 0 atom stereocenters. The number of nitrogens with zero attached hydrogens (tertiary/aromatic N) is 5. The standard InChI is InChI=1S/C10H11FN3O2.C6H3F2NO2.C4H9N2.2Ac/c11-8-1-2-9(10(7-8)14(15)16)13-5-3-12-4-6-13;7-4-1-2-5(8)6(3-4)9(10)11;1-2-6-4-3-5-1;;/h1-2,7H,3-6H2;1-3H;5H,1-4H2;;/q-1;;-1;;. The zero-order chi connectivity index (χ0) is 24.2. The van der Waals surface area contributed by atoms with Gasteiger partial charge in [0.25, 0.3) is 5.69 Å². The Morgan fingerprint density at radius 1 is 0.771 bits per heavy atom. The van der Waals surface area contributed by atoms with Gasteiger partial charge in [0.05, 0.1) is 22.0 Å². The molecule has 1 N–H and O–H groups in total. The van der Waals surface area contributed by atoms with Gasteiger partial charge in [-0.3, -0.25) is 20.2 Å². The van der Waals surface area contributed by atoms with Gasteiger partial charge in [0.1, 0.15) is 17.3 Å². The first-order valence-corrected chi connectivity index (χ1v) is 10.0. The van der Waals surface area contributed by atoms with E-state index in [4.69, 9.17) is 0 Å². The summed E-state index contributed by atoms with van der Waals surface area (Å²) in [6, 6.07) is 5.74. The zero-order valence-corrected chi connectivity index (χ0v) is 28.3. The third-order valence-electron chi connectivity index (χ3n) is 4.53. The van der Waals surface area contributed by atoms with E-state index in [0.717, 1.165) is 38.3 Å². The Kier molecular flexibility index (Phi) is 18.6. The van der Waals surface area contributed by atoms with E-state index in [9.17, 15) is 33.4 Å². The Morgan fingerprint density at radius 3 is 1.69 bits per heavy atom. The van der Waals surface area contributed by atoms with Crippen LogP contribution in [0.5, 0.6) is 0 Å². The van der Waals surface area contributed by atoms with Crippen LogP contribution in [0.25, 0.3) is 10.6 Å². The molecule has 186 valence electrons. The fourth-order valence-corrected chi connectivity index (χ4v) is 2.94. The molecular formula is C20H23Ac2F3N6O4-2. The number of nitro groups is 2. The molecule has 2 aromatic carbocycles. The SMILES string of the molecule is C1CNCC[N-]1.O=[N+]([O-])c1cc(F)ccc1F.O=[N+]([O-])c1cc(F)ccc1N1CC[N-]CC1.[Ac].[Ac]. The predicted molar refractivity (Wildman–Crippen MR) is 117 cm³/mol. The van der Waals surface area contributed by atoms with Crippen molar-refractivity contribution >= 4 is 17.1 Å². The van der Waals surface area contributed by atoms with Crippen molar-refractivity contribution in [3.8, 4) is 0 Å². The molecule has 0 amide bonds. The van der Waals surface area contributed by atoms with Crippen molar-refractivity contribution in [1.29, 1.82) is 0 Å². The van der Waals surface area contributed by atoms with E-state index in [1.807, 2.05) is 4.90 Å². The Labute approximate surface area is 272 Å². The summed E-state index contributed by atoms with van der Waals surface area (Å²) in [5.74, 6) is -2.44. The van der Waals surface area contributed by atoms with Gasteiger partial charge in [0.2, 0.25) is 5.82 Å².